The van der Waals surface area contributed by atoms with Crippen molar-refractivity contribution in [3.63, 3.8) is 0 Å². The molecule has 1 saturated carbocycles. The summed E-state index contributed by atoms with van der Waals surface area (Å²) >= 11 is 0. The lowest BCUT2D eigenvalue weighted by molar-refractivity contribution is -0.182. The Bertz CT molecular complexity index is 212. The van der Waals surface area contributed by atoms with Crippen LogP contribution in [0.5, 0.6) is 0 Å². The van der Waals surface area contributed by atoms with Crippen LogP contribution in [0.25, 0.3) is 0 Å². The molecule has 17 heavy (non-hydrogen) atoms. The minimum absolute atomic E-state index is 0.0838. The lowest BCUT2D eigenvalue weighted by atomic mass is 9.74. The largest absolute Gasteiger partial charge is 0.411 e. The normalized spacial score (nSPS) is 20.5. The predicted molar refractivity (Wildman–Crippen MR) is 60.9 cm³/mol. The third-order valence-electron chi connectivity index (χ3n) is 3.34. The van der Waals surface area contributed by atoms with Gasteiger partial charge in [0.2, 0.25) is 0 Å². The molecule has 0 aliphatic heterocycles. The molecule has 0 amide bonds. The van der Waals surface area contributed by atoms with Crippen LogP contribution in [-0.2, 0) is 4.74 Å². The molecule has 0 radical (unpaired) electrons. The smallest absolute Gasteiger partial charge is 0.371 e. The predicted octanol–water partition coefficient (Wildman–Crippen LogP) is 3.13. The van der Waals surface area contributed by atoms with E-state index < -0.39 is 12.8 Å². The molecule has 0 saturated heterocycles. The summed E-state index contributed by atoms with van der Waals surface area (Å²) in [6.07, 6.45) is 1.11. The SMILES string of the molecule is CCNCC1(COCC(F)(F)F)CCCCC1. The van der Waals surface area contributed by atoms with Gasteiger partial charge in [-0.2, -0.15) is 13.2 Å². The first kappa shape index (κ1) is 14.8. The van der Waals surface area contributed by atoms with Gasteiger partial charge in [-0.3, -0.25) is 0 Å². The van der Waals surface area contributed by atoms with E-state index in [0.29, 0.717) is 0 Å². The highest BCUT2D eigenvalue weighted by molar-refractivity contribution is 4.84. The fourth-order valence-corrected chi connectivity index (χ4v) is 2.45. The molecule has 0 aromatic heterocycles. The first-order valence-electron chi connectivity index (χ1n) is 6.33. The van der Waals surface area contributed by atoms with Crippen LogP contribution in [0.3, 0.4) is 0 Å². The van der Waals surface area contributed by atoms with Crippen molar-refractivity contribution in [2.45, 2.75) is 45.2 Å². The number of hydrogen-bond acceptors (Lipinski definition) is 2. The van der Waals surface area contributed by atoms with Gasteiger partial charge in [-0.05, 0) is 19.4 Å². The van der Waals surface area contributed by atoms with Gasteiger partial charge in [0.05, 0.1) is 6.61 Å². The van der Waals surface area contributed by atoms with Gasteiger partial charge in [-0.1, -0.05) is 26.2 Å². The lowest BCUT2D eigenvalue weighted by Gasteiger charge is -2.37. The monoisotopic (exact) mass is 253 g/mol. The van der Waals surface area contributed by atoms with E-state index in [4.69, 9.17) is 4.74 Å². The quantitative estimate of drug-likeness (QED) is 0.785. The van der Waals surface area contributed by atoms with Crippen molar-refractivity contribution in [1.29, 1.82) is 0 Å². The minimum atomic E-state index is -4.21. The summed E-state index contributed by atoms with van der Waals surface area (Å²) in [5.41, 5.74) is -0.0838. The molecule has 1 rings (SSSR count). The molecule has 0 unspecified atom stereocenters. The Kier molecular flexibility index (Phi) is 5.73. The van der Waals surface area contributed by atoms with Gasteiger partial charge in [0.15, 0.2) is 0 Å². The minimum Gasteiger partial charge on any atom is -0.371 e. The Labute approximate surface area is 101 Å². The molecule has 0 bridgehead atoms. The second-order valence-corrected chi connectivity index (χ2v) is 4.95. The molecule has 0 aromatic rings. The van der Waals surface area contributed by atoms with Gasteiger partial charge in [-0.25, -0.2) is 0 Å². The van der Waals surface area contributed by atoms with Crippen LogP contribution in [0.15, 0.2) is 0 Å². The third kappa shape index (κ3) is 5.73. The second kappa shape index (κ2) is 6.59. The van der Waals surface area contributed by atoms with Crippen molar-refractivity contribution in [3.8, 4) is 0 Å². The summed E-state index contributed by atoms with van der Waals surface area (Å²) in [6, 6.07) is 0. The van der Waals surface area contributed by atoms with E-state index in [-0.39, 0.29) is 12.0 Å². The maximum atomic E-state index is 12.0. The molecule has 0 heterocycles. The van der Waals surface area contributed by atoms with Crippen LogP contribution in [0.2, 0.25) is 0 Å². The fourth-order valence-electron chi connectivity index (χ4n) is 2.45. The van der Waals surface area contributed by atoms with Crippen molar-refractivity contribution in [2.24, 2.45) is 5.41 Å². The van der Waals surface area contributed by atoms with Crippen LogP contribution in [0.4, 0.5) is 13.2 Å². The van der Waals surface area contributed by atoms with Crippen molar-refractivity contribution in [3.05, 3.63) is 0 Å². The summed E-state index contributed by atoms with van der Waals surface area (Å²) < 4.78 is 41.0. The topological polar surface area (TPSA) is 21.3 Å². The zero-order valence-corrected chi connectivity index (χ0v) is 10.4. The number of nitrogens with one attached hydrogen (secondary N) is 1. The number of ether oxygens (including phenoxy) is 1. The summed E-state index contributed by atoms with van der Waals surface area (Å²) in [6.45, 7) is 2.72. The molecular formula is C12H22F3NO. The molecule has 1 aliphatic rings. The fraction of sp³-hybridized carbons (Fsp3) is 1.00. The van der Waals surface area contributed by atoms with Gasteiger partial charge < -0.3 is 10.1 Å². The van der Waals surface area contributed by atoms with E-state index in [9.17, 15) is 13.2 Å². The van der Waals surface area contributed by atoms with Gasteiger partial charge in [-0.15, -0.1) is 0 Å². The third-order valence-corrected chi connectivity index (χ3v) is 3.34. The molecule has 0 aromatic carbocycles. The lowest BCUT2D eigenvalue weighted by Crippen LogP contribution is -2.40. The molecule has 1 fully saturated rings. The molecule has 102 valence electrons. The van der Waals surface area contributed by atoms with Gasteiger partial charge >= 0.3 is 6.18 Å². The standard InChI is InChI=1S/C12H22F3NO/c1-2-16-8-11(6-4-3-5-7-11)9-17-10-12(13,14)15/h16H,2-10H2,1H3. The maximum Gasteiger partial charge on any atom is 0.411 e. The summed E-state index contributed by atoms with van der Waals surface area (Å²) in [7, 11) is 0. The van der Waals surface area contributed by atoms with E-state index in [0.717, 1.165) is 38.8 Å². The number of alkyl halides is 3. The van der Waals surface area contributed by atoms with Crippen molar-refractivity contribution in [2.75, 3.05) is 26.3 Å². The van der Waals surface area contributed by atoms with E-state index in [1.54, 1.807) is 0 Å². The highest BCUT2D eigenvalue weighted by atomic mass is 19.4. The summed E-state index contributed by atoms with van der Waals surface area (Å²) in [5.74, 6) is 0. The van der Waals surface area contributed by atoms with E-state index in [1.807, 2.05) is 6.92 Å². The van der Waals surface area contributed by atoms with Crippen LogP contribution < -0.4 is 5.32 Å². The Morgan fingerprint density at radius 3 is 2.35 bits per heavy atom. The van der Waals surface area contributed by atoms with Crippen molar-refractivity contribution < 1.29 is 17.9 Å². The van der Waals surface area contributed by atoms with Gasteiger partial charge in [0.1, 0.15) is 6.61 Å². The Morgan fingerprint density at radius 2 is 1.82 bits per heavy atom. The molecular weight excluding hydrogens is 231 g/mol. The Morgan fingerprint density at radius 1 is 1.18 bits per heavy atom. The van der Waals surface area contributed by atoms with Crippen LogP contribution >= 0.6 is 0 Å². The first-order chi connectivity index (χ1) is 7.97. The van der Waals surface area contributed by atoms with Gasteiger partial charge in [0.25, 0.3) is 0 Å². The van der Waals surface area contributed by atoms with Gasteiger partial charge in [0, 0.05) is 12.0 Å². The van der Waals surface area contributed by atoms with Crippen LogP contribution in [0, 0.1) is 5.41 Å². The zero-order chi connectivity index (χ0) is 12.8. The van der Waals surface area contributed by atoms with Crippen molar-refractivity contribution in [1.82, 2.24) is 5.32 Å². The molecule has 1 aliphatic carbocycles. The summed E-state index contributed by atoms with van der Waals surface area (Å²) in [5, 5.41) is 3.25. The molecule has 0 spiro atoms. The second-order valence-electron chi connectivity index (χ2n) is 4.95. The van der Waals surface area contributed by atoms with Crippen molar-refractivity contribution >= 4 is 0 Å². The average molecular weight is 253 g/mol. The Balaban J connectivity index is 2.40. The van der Waals surface area contributed by atoms with E-state index in [2.05, 4.69) is 5.32 Å². The highest BCUT2D eigenvalue weighted by Gasteiger charge is 2.34. The number of hydrogen-bond donors (Lipinski definition) is 1. The zero-order valence-electron chi connectivity index (χ0n) is 10.4. The van der Waals surface area contributed by atoms with Crippen LogP contribution in [-0.4, -0.2) is 32.5 Å². The number of rotatable bonds is 6. The van der Waals surface area contributed by atoms with E-state index in [1.165, 1.54) is 6.42 Å². The molecule has 2 nitrogen and oxygen atoms in total. The number of halogens is 3. The Hall–Kier alpha value is -0.290. The average Bonchev–Trinajstić information content (AvgIpc) is 2.26. The highest BCUT2D eigenvalue weighted by Crippen LogP contribution is 2.36. The van der Waals surface area contributed by atoms with Crippen LogP contribution in [0.1, 0.15) is 39.0 Å². The van der Waals surface area contributed by atoms with E-state index >= 15 is 0 Å². The first-order valence-corrected chi connectivity index (χ1v) is 6.33. The molecule has 1 N–H and O–H groups in total. The summed E-state index contributed by atoms with van der Waals surface area (Å²) in [4.78, 5) is 0. The maximum absolute atomic E-state index is 12.0. The molecule has 0 atom stereocenters. The molecule has 5 heteroatoms.